The fourth-order valence-corrected chi connectivity index (χ4v) is 1.34. The molecule has 1 aromatic heterocycles. The van der Waals surface area contributed by atoms with E-state index in [1.807, 2.05) is 32.0 Å². The number of pyridine rings is 1. The van der Waals surface area contributed by atoms with Crippen LogP contribution in [0.1, 0.15) is 19.5 Å². The van der Waals surface area contributed by atoms with Gasteiger partial charge in [0.15, 0.2) is 0 Å². The van der Waals surface area contributed by atoms with Gasteiger partial charge >= 0.3 is 6.09 Å². The van der Waals surface area contributed by atoms with Crippen LogP contribution in [0.3, 0.4) is 0 Å². The number of amides is 1. The second-order valence-electron chi connectivity index (χ2n) is 3.88. The molecule has 0 spiro atoms. The van der Waals surface area contributed by atoms with E-state index in [1.54, 1.807) is 11.1 Å². The van der Waals surface area contributed by atoms with Gasteiger partial charge in [-0.3, -0.25) is 9.88 Å². The number of rotatable bonds is 5. The highest BCUT2D eigenvalue weighted by Gasteiger charge is 2.18. The Hall–Kier alpha value is -1.62. The number of aliphatic hydroxyl groups excluding tert-OH is 1. The first-order chi connectivity index (χ1) is 8.15. The third kappa shape index (κ3) is 4.40. The zero-order valence-corrected chi connectivity index (χ0v) is 10.2. The summed E-state index contributed by atoms with van der Waals surface area (Å²) in [5, 5.41) is 8.62. The number of nitrogens with zero attached hydrogens (tertiary/aromatic N) is 2. The van der Waals surface area contributed by atoms with E-state index < -0.39 is 6.09 Å². The molecule has 0 aromatic carbocycles. The molecule has 0 atom stereocenters. The van der Waals surface area contributed by atoms with Crippen LogP contribution in [0.5, 0.6) is 0 Å². The summed E-state index contributed by atoms with van der Waals surface area (Å²) in [5.41, 5.74) is 0.808. The van der Waals surface area contributed by atoms with Crippen molar-refractivity contribution in [2.75, 3.05) is 13.2 Å². The summed E-state index contributed by atoms with van der Waals surface area (Å²) in [5.74, 6) is 0. The van der Waals surface area contributed by atoms with Gasteiger partial charge in [-0.15, -0.1) is 0 Å². The second-order valence-corrected chi connectivity index (χ2v) is 3.88. The Morgan fingerprint density at radius 2 is 2.29 bits per heavy atom. The van der Waals surface area contributed by atoms with Crippen molar-refractivity contribution in [2.24, 2.45) is 0 Å². The van der Waals surface area contributed by atoms with Crippen LogP contribution in [-0.2, 0) is 11.3 Å². The predicted octanol–water partition coefficient (Wildman–Crippen LogP) is 1.42. The Morgan fingerprint density at radius 3 is 2.82 bits per heavy atom. The number of ether oxygens (including phenoxy) is 1. The zero-order valence-electron chi connectivity index (χ0n) is 10.2. The number of carbonyl (C=O) groups is 1. The van der Waals surface area contributed by atoms with Crippen molar-refractivity contribution in [1.29, 1.82) is 0 Å². The smallest absolute Gasteiger partial charge is 0.410 e. The van der Waals surface area contributed by atoms with Gasteiger partial charge in [-0.25, -0.2) is 4.79 Å². The van der Waals surface area contributed by atoms with Crippen molar-refractivity contribution >= 4 is 6.09 Å². The largest absolute Gasteiger partial charge is 0.447 e. The summed E-state index contributed by atoms with van der Waals surface area (Å²) < 4.78 is 4.90. The Balaban J connectivity index is 2.63. The third-order valence-corrected chi connectivity index (χ3v) is 2.23. The second kappa shape index (κ2) is 6.85. The molecule has 1 heterocycles. The molecule has 0 aliphatic carbocycles. The zero-order chi connectivity index (χ0) is 12.7. The standard InChI is InChI=1S/C12H18N2O3/c1-10(2)14(12(16)17-8-7-15)9-11-5-3-4-6-13-11/h3-6,10,15H,7-9H2,1-2H3. The minimum absolute atomic E-state index is 0.0169. The molecule has 0 bridgehead atoms. The Bertz CT molecular complexity index is 341. The molecule has 1 N–H and O–H groups in total. The molecule has 17 heavy (non-hydrogen) atoms. The highest BCUT2D eigenvalue weighted by atomic mass is 16.6. The van der Waals surface area contributed by atoms with Gasteiger partial charge in [0.1, 0.15) is 6.61 Å². The topological polar surface area (TPSA) is 62.7 Å². The lowest BCUT2D eigenvalue weighted by atomic mass is 10.3. The molecule has 0 radical (unpaired) electrons. The van der Waals surface area contributed by atoms with E-state index in [4.69, 9.17) is 9.84 Å². The number of hydrogen-bond donors (Lipinski definition) is 1. The molecule has 1 amide bonds. The maximum Gasteiger partial charge on any atom is 0.410 e. The molecule has 0 saturated heterocycles. The number of carbonyl (C=O) groups excluding carboxylic acids is 1. The fourth-order valence-electron chi connectivity index (χ4n) is 1.34. The van der Waals surface area contributed by atoms with Gasteiger partial charge < -0.3 is 9.84 Å². The lowest BCUT2D eigenvalue weighted by Crippen LogP contribution is -2.37. The maximum absolute atomic E-state index is 11.7. The summed E-state index contributed by atoms with van der Waals surface area (Å²) >= 11 is 0. The lowest BCUT2D eigenvalue weighted by Gasteiger charge is -2.25. The average molecular weight is 238 g/mol. The average Bonchev–Trinajstić information content (AvgIpc) is 2.34. The molecule has 0 saturated carbocycles. The van der Waals surface area contributed by atoms with Crippen LogP contribution in [0.4, 0.5) is 4.79 Å². The van der Waals surface area contributed by atoms with E-state index in [0.717, 1.165) is 5.69 Å². The van der Waals surface area contributed by atoms with E-state index >= 15 is 0 Å². The third-order valence-electron chi connectivity index (χ3n) is 2.23. The highest BCUT2D eigenvalue weighted by molar-refractivity contribution is 5.67. The van der Waals surface area contributed by atoms with Crippen molar-refractivity contribution in [3.05, 3.63) is 30.1 Å². The molecule has 0 aliphatic heterocycles. The fraction of sp³-hybridized carbons (Fsp3) is 0.500. The van der Waals surface area contributed by atoms with Crippen LogP contribution in [0.15, 0.2) is 24.4 Å². The molecule has 0 fully saturated rings. The predicted molar refractivity (Wildman–Crippen MR) is 63.3 cm³/mol. The molecular weight excluding hydrogens is 220 g/mol. The van der Waals surface area contributed by atoms with Crippen molar-refractivity contribution < 1.29 is 14.6 Å². The summed E-state index contributed by atoms with van der Waals surface area (Å²) in [6.07, 6.45) is 1.26. The summed E-state index contributed by atoms with van der Waals surface area (Å²) in [7, 11) is 0. The number of aromatic nitrogens is 1. The first-order valence-corrected chi connectivity index (χ1v) is 5.59. The van der Waals surface area contributed by atoms with E-state index in [1.165, 1.54) is 0 Å². The van der Waals surface area contributed by atoms with Crippen molar-refractivity contribution in [2.45, 2.75) is 26.4 Å². The molecule has 94 valence electrons. The first-order valence-electron chi connectivity index (χ1n) is 5.59. The van der Waals surface area contributed by atoms with E-state index in [-0.39, 0.29) is 19.3 Å². The first kappa shape index (κ1) is 13.4. The van der Waals surface area contributed by atoms with Gasteiger partial charge in [0.2, 0.25) is 0 Å². The van der Waals surface area contributed by atoms with Crippen molar-refractivity contribution in [3.8, 4) is 0 Å². The van der Waals surface area contributed by atoms with Gasteiger partial charge in [-0.05, 0) is 26.0 Å². The normalized spacial score (nSPS) is 10.4. The van der Waals surface area contributed by atoms with Crippen LogP contribution in [0.25, 0.3) is 0 Å². The van der Waals surface area contributed by atoms with Gasteiger partial charge in [-0.2, -0.15) is 0 Å². The quantitative estimate of drug-likeness (QED) is 0.842. The highest BCUT2D eigenvalue weighted by Crippen LogP contribution is 2.07. The Morgan fingerprint density at radius 1 is 1.53 bits per heavy atom. The molecule has 0 aliphatic rings. The van der Waals surface area contributed by atoms with E-state index in [9.17, 15) is 4.79 Å². The van der Waals surface area contributed by atoms with Gasteiger partial charge in [-0.1, -0.05) is 6.07 Å². The molecule has 5 heteroatoms. The lowest BCUT2D eigenvalue weighted by molar-refractivity contribution is 0.0726. The van der Waals surface area contributed by atoms with Gasteiger partial charge in [0.05, 0.1) is 18.8 Å². The monoisotopic (exact) mass is 238 g/mol. The molecular formula is C12H18N2O3. The van der Waals surface area contributed by atoms with Gasteiger partial charge in [0, 0.05) is 12.2 Å². The molecule has 5 nitrogen and oxygen atoms in total. The maximum atomic E-state index is 11.7. The summed E-state index contributed by atoms with van der Waals surface area (Å²) in [4.78, 5) is 17.4. The van der Waals surface area contributed by atoms with Crippen LogP contribution >= 0.6 is 0 Å². The Labute approximate surface area is 101 Å². The molecule has 0 unspecified atom stereocenters. The molecule has 1 rings (SSSR count). The SMILES string of the molecule is CC(C)N(Cc1ccccn1)C(=O)OCCO. The van der Waals surface area contributed by atoms with E-state index in [0.29, 0.717) is 6.54 Å². The molecule has 1 aromatic rings. The minimum atomic E-state index is -0.431. The summed E-state index contributed by atoms with van der Waals surface area (Å²) in [6.45, 7) is 4.07. The minimum Gasteiger partial charge on any atom is -0.447 e. The Kier molecular flexibility index (Phi) is 5.42. The number of hydrogen-bond acceptors (Lipinski definition) is 4. The van der Waals surface area contributed by atoms with E-state index in [2.05, 4.69) is 4.98 Å². The van der Waals surface area contributed by atoms with Crippen LogP contribution in [0.2, 0.25) is 0 Å². The van der Waals surface area contributed by atoms with Gasteiger partial charge in [0.25, 0.3) is 0 Å². The van der Waals surface area contributed by atoms with Crippen molar-refractivity contribution in [1.82, 2.24) is 9.88 Å². The number of aliphatic hydroxyl groups is 1. The van der Waals surface area contributed by atoms with Crippen LogP contribution in [-0.4, -0.2) is 40.3 Å². The summed E-state index contributed by atoms with van der Waals surface area (Å²) in [6, 6.07) is 5.57. The van der Waals surface area contributed by atoms with Crippen LogP contribution in [0, 0.1) is 0 Å². The van der Waals surface area contributed by atoms with Crippen LogP contribution < -0.4 is 0 Å². The van der Waals surface area contributed by atoms with Crippen molar-refractivity contribution in [3.63, 3.8) is 0 Å².